The van der Waals surface area contributed by atoms with Gasteiger partial charge in [0.2, 0.25) is 10.0 Å². The van der Waals surface area contributed by atoms with Gasteiger partial charge in [0.15, 0.2) is 0 Å². The zero-order valence-electron chi connectivity index (χ0n) is 22.7. The Morgan fingerprint density at radius 3 is 2.44 bits per heavy atom. The molecule has 39 heavy (non-hydrogen) atoms. The summed E-state index contributed by atoms with van der Waals surface area (Å²) < 4.78 is 37.7. The number of thiophene rings is 1. The molecule has 0 atom stereocenters. The van der Waals surface area contributed by atoms with Gasteiger partial charge in [0.25, 0.3) is 11.8 Å². The van der Waals surface area contributed by atoms with Crippen molar-refractivity contribution in [1.29, 1.82) is 0 Å². The van der Waals surface area contributed by atoms with E-state index in [0.717, 1.165) is 17.0 Å². The van der Waals surface area contributed by atoms with Crippen molar-refractivity contribution in [3.8, 4) is 0 Å². The Labute approximate surface area is 232 Å². The first-order valence-corrected chi connectivity index (χ1v) is 15.0. The van der Waals surface area contributed by atoms with E-state index >= 15 is 0 Å². The summed E-state index contributed by atoms with van der Waals surface area (Å²) in [6, 6.07) is 5.93. The van der Waals surface area contributed by atoms with E-state index in [-0.39, 0.29) is 29.4 Å². The summed E-state index contributed by atoms with van der Waals surface area (Å²) in [4.78, 5) is 41.5. The molecule has 1 aromatic heterocycles. The molecule has 3 amide bonds. The average molecular weight is 579 g/mol. The zero-order chi connectivity index (χ0) is 28.5. The van der Waals surface area contributed by atoms with E-state index < -0.39 is 33.5 Å². The third-order valence-electron chi connectivity index (χ3n) is 6.81. The molecule has 11 nitrogen and oxygen atoms in total. The van der Waals surface area contributed by atoms with Crippen LogP contribution in [0.4, 0.5) is 9.80 Å². The van der Waals surface area contributed by atoms with Crippen LogP contribution in [0.1, 0.15) is 65.8 Å². The number of fused-ring (bicyclic) bond motifs is 1. The number of rotatable bonds is 7. The molecule has 4 rings (SSSR count). The van der Waals surface area contributed by atoms with Gasteiger partial charge >= 0.3 is 6.09 Å². The lowest BCUT2D eigenvalue weighted by Gasteiger charge is -2.30. The molecule has 1 saturated heterocycles. The largest absolute Gasteiger partial charge is 0.450 e. The minimum Gasteiger partial charge on any atom is -0.450 e. The van der Waals surface area contributed by atoms with Gasteiger partial charge in [0, 0.05) is 29.6 Å². The molecule has 0 bridgehead atoms. The summed E-state index contributed by atoms with van der Waals surface area (Å²) in [6.07, 6.45) is -0.267. The Kier molecular flexibility index (Phi) is 8.47. The van der Waals surface area contributed by atoms with Crippen LogP contribution in [-0.2, 0) is 32.5 Å². The number of hydrogen-bond donors (Lipinski definition) is 2. The van der Waals surface area contributed by atoms with Crippen LogP contribution in [0, 0.1) is 0 Å². The number of anilines is 1. The fraction of sp³-hybridized carbons (Fsp3) is 0.500. The molecule has 0 aliphatic carbocycles. The molecule has 1 fully saturated rings. The van der Waals surface area contributed by atoms with Crippen molar-refractivity contribution < 1.29 is 32.3 Å². The Balaban J connectivity index is 1.59. The highest BCUT2D eigenvalue weighted by atomic mass is 32.2. The molecule has 2 aromatic rings. The monoisotopic (exact) mass is 578 g/mol. The van der Waals surface area contributed by atoms with Gasteiger partial charge in [-0.2, -0.15) is 4.31 Å². The molecule has 0 spiro atoms. The first-order chi connectivity index (χ1) is 18.3. The highest BCUT2D eigenvalue weighted by molar-refractivity contribution is 7.89. The van der Waals surface area contributed by atoms with Crippen molar-refractivity contribution in [2.24, 2.45) is 0 Å². The van der Waals surface area contributed by atoms with Crippen molar-refractivity contribution in [1.82, 2.24) is 14.5 Å². The number of sulfonamides is 1. The Morgan fingerprint density at radius 2 is 1.85 bits per heavy atom. The standard InChI is InChI=1S/C26H34N4O7S2/c1-6-37-25(33)28-23(32)21-19-11-12-29(16(2)3)13-20(19)38-24(21)27-22(31)17-7-9-18(10-8-17)39(34,35)30-15-36-14-26(30,4)5/h7-10,16H,6,11-15H2,1-5H3,(H,27,31)(H,28,32,33). The smallest absolute Gasteiger partial charge is 0.414 e. The Morgan fingerprint density at radius 1 is 1.15 bits per heavy atom. The van der Waals surface area contributed by atoms with Crippen molar-refractivity contribution in [3.63, 3.8) is 0 Å². The van der Waals surface area contributed by atoms with Crippen LogP contribution in [0.5, 0.6) is 0 Å². The van der Waals surface area contributed by atoms with E-state index in [1.807, 2.05) is 0 Å². The molecular formula is C26H34N4O7S2. The van der Waals surface area contributed by atoms with Crippen LogP contribution in [0.3, 0.4) is 0 Å². The van der Waals surface area contributed by atoms with Crippen LogP contribution < -0.4 is 10.6 Å². The molecule has 1 aromatic carbocycles. The normalized spacial score (nSPS) is 17.6. The maximum Gasteiger partial charge on any atom is 0.414 e. The second-order valence-corrected chi connectivity index (χ2v) is 13.3. The van der Waals surface area contributed by atoms with Gasteiger partial charge in [0.1, 0.15) is 11.7 Å². The van der Waals surface area contributed by atoms with Crippen molar-refractivity contribution in [2.75, 3.05) is 31.8 Å². The molecule has 0 unspecified atom stereocenters. The predicted molar refractivity (Wildman–Crippen MR) is 146 cm³/mol. The lowest BCUT2D eigenvalue weighted by Crippen LogP contribution is -2.44. The lowest BCUT2D eigenvalue weighted by molar-refractivity contribution is 0.0924. The predicted octanol–water partition coefficient (Wildman–Crippen LogP) is 3.41. The number of benzene rings is 1. The number of hydrogen-bond acceptors (Lipinski definition) is 9. The van der Waals surface area contributed by atoms with E-state index in [2.05, 4.69) is 29.4 Å². The van der Waals surface area contributed by atoms with Crippen molar-refractivity contribution in [2.45, 2.75) is 64.1 Å². The van der Waals surface area contributed by atoms with Crippen LogP contribution in [0.2, 0.25) is 0 Å². The first-order valence-electron chi connectivity index (χ1n) is 12.7. The summed E-state index contributed by atoms with van der Waals surface area (Å²) in [5.41, 5.74) is 0.581. The van der Waals surface area contributed by atoms with E-state index in [1.54, 1.807) is 20.8 Å². The summed E-state index contributed by atoms with van der Waals surface area (Å²) in [6.45, 7) is 11.1. The SMILES string of the molecule is CCOC(=O)NC(=O)c1c(NC(=O)c2ccc(S(=O)(=O)N3COCC3(C)C)cc2)sc2c1CCN(C(C)C)C2. The quantitative estimate of drug-likeness (QED) is 0.511. The first kappa shape index (κ1) is 29.2. The molecule has 2 N–H and O–H groups in total. The van der Waals surface area contributed by atoms with E-state index in [1.165, 1.54) is 39.9 Å². The van der Waals surface area contributed by atoms with Crippen molar-refractivity contribution >= 4 is 44.3 Å². The number of amides is 3. The molecule has 212 valence electrons. The highest BCUT2D eigenvalue weighted by Crippen LogP contribution is 2.38. The van der Waals surface area contributed by atoms with Gasteiger partial charge in [-0.15, -0.1) is 11.3 Å². The molecule has 0 saturated carbocycles. The molecule has 2 aliphatic rings. The number of alkyl carbamates (subject to hydrolysis) is 1. The van der Waals surface area contributed by atoms with Gasteiger partial charge in [-0.3, -0.25) is 19.8 Å². The molecule has 3 heterocycles. The maximum atomic E-state index is 13.2. The molecule has 13 heteroatoms. The summed E-state index contributed by atoms with van der Waals surface area (Å²) in [7, 11) is -3.82. The van der Waals surface area contributed by atoms with Crippen molar-refractivity contribution in [3.05, 3.63) is 45.8 Å². The van der Waals surface area contributed by atoms with Gasteiger partial charge in [-0.25, -0.2) is 13.2 Å². The minimum atomic E-state index is -3.82. The Bertz CT molecular complexity index is 1370. The molecule has 0 radical (unpaired) electrons. The van der Waals surface area contributed by atoms with Crippen LogP contribution >= 0.6 is 11.3 Å². The maximum absolute atomic E-state index is 13.2. The number of nitrogens with zero attached hydrogens (tertiary/aromatic N) is 2. The molecular weight excluding hydrogens is 544 g/mol. The van der Waals surface area contributed by atoms with Gasteiger partial charge in [-0.1, -0.05) is 0 Å². The van der Waals surface area contributed by atoms with Crippen LogP contribution in [-0.4, -0.2) is 73.6 Å². The number of ether oxygens (including phenoxy) is 2. The topological polar surface area (TPSA) is 134 Å². The highest BCUT2D eigenvalue weighted by Gasteiger charge is 2.42. The Hall–Kier alpha value is -2.84. The fourth-order valence-corrected chi connectivity index (χ4v) is 7.53. The average Bonchev–Trinajstić information content (AvgIpc) is 3.42. The summed E-state index contributed by atoms with van der Waals surface area (Å²) >= 11 is 1.30. The molecule has 2 aliphatic heterocycles. The van der Waals surface area contributed by atoms with Gasteiger partial charge < -0.3 is 14.8 Å². The summed E-state index contributed by atoms with van der Waals surface area (Å²) in [5, 5.41) is 5.37. The second kappa shape index (κ2) is 11.3. The zero-order valence-corrected chi connectivity index (χ0v) is 24.3. The third kappa shape index (κ3) is 6.02. The van der Waals surface area contributed by atoms with Gasteiger partial charge in [0.05, 0.1) is 29.2 Å². The van der Waals surface area contributed by atoms with Crippen LogP contribution in [0.25, 0.3) is 0 Å². The number of imide groups is 1. The number of nitrogens with one attached hydrogen (secondary N) is 2. The number of carbonyl (C=O) groups is 3. The third-order valence-corrected chi connectivity index (χ3v) is 9.99. The van der Waals surface area contributed by atoms with Gasteiger partial charge in [-0.05, 0) is 70.9 Å². The van der Waals surface area contributed by atoms with E-state index in [9.17, 15) is 22.8 Å². The van der Waals surface area contributed by atoms with Crippen LogP contribution in [0.15, 0.2) is 29.2 Å². The second-order valence-electron chi connectivity index (χ2n) is 10.3. The van der Waals surface area contributed by atoms with E-state index in [0.29, 0.717) is 30.6 Å². The number of carbonyl (C=O) groups excluding carboxylic acids is 3. The summed E-state index contributed by atoms with van der Waals surface area (Å²) in [5.74, 6) is -1.15. The van der Waals surface area contributed by atoms with E-state index in [4.69, 9.17) is 9.47 Å². The lowest BCUT2D eigenvalue weighted by atomic mass is 10.0. The minimum absolute atomic E-state index is 0.0362. The fourth-order valence-electron chi connectivity index (χ4n) is 4.62.